The van der Waals surface area contributed by atoms with Crippen molar-refractivity contribution >= 4 is 16.9 Å². The molecule has 0 aliphatic carbocycles. The molecule has 0 bridgehead atoms. The molecule has 0 radical (unpaired) electrons. The van der Waals surface area contributed by atoms with E-state index in [0.29, 0.717) is 0 Å². The van der Waals surface area contributed by atoms with E-state index >= 15 is 0 Å². The van der Waals surface area contributed by atoms with Crippen LogP contribution in [0.3, 0.4) is 0 Å². The Bertz CT molecular complexity index is 560. The van der Waals surface area contributed by atoms with Crippen molar-refractivity contribution < 1.29 is 9.90 Å². The number of H-pyrrole nitrogens is 1. The van der Waals surface area contributed by atoms with Gasteiger partial charge in [-0.3, -0.25) is 4.79 Å². The van der Waals surface area contributed by atoms with Gasteiger partial charge in [0.2, 0.25) is 0 Å². The number of rotatable bonds is 4. The van der Waals surface area contributed by atoms with Gasteiger partial charge in [0.15, 0.2) is 0 Å². The maximum absolute atomic E-state index is 11.2. The smallest absolute Gasteiger partial charge is 0.308 e. The van der Waals surface area contributed by atoms with Crippen LogP contribution in [-0.4, -0.2) is 35.1 Å². The van der Waals surface area contributed by atoms with Gasteiger partial charge in [-0.2, -0.15) is 0 Å². The summed E-state index contributed by atoms with van der Waals surface area (Å²) in [6.45, 7) is 1.74. The predicted molar refractivity (Wildman–Crippen MR) is 71.5 cm³/mol. The lowest BCUT2D eigenvalue weighted by Crippen LogP contribution is -2.30. The zero-order valence-corrected chi connectivity index (χ0v) is 10.8. The van der Waals surface area contributed by atoms with Gasteiger partial charge in [0, 0.05) is 23.1 Å². The minimum absolute atomic E-state index is 0.140. The minimum atomic E-state index is -0.779. The number of aromatic amines is 1. The Morgan fingerprint density at radius 3 is 2.61 bits per heavy atom. The fraction of sp³-hybridized carbons (Fsp3) is 0.357. The maximum atomic E-state index is 11.2. The SMILES string of the molecule is CC(C(=O)O)C(c1c[nH]c2ccccc12)N(C)C. The Labute approximate surface area is 106 Å². The average molecular weight is 246 g/mol. The van der Waals surface area contributed by atoms with Crippen molar-refractivity contribution in [2.24, 2.45) is 5.92 Å². The van der Waals surface area contributed by atoms with Gasteiger partial charge in [-0.25, -0.2) is 0 Å². The topological polar surface area (TPSA) is 56.3 Å². The number of hydrogen-bond acceptors (Lipinski definition) is 2. The number of fused-ring (bicyclic) bond motifs is 1. The van der Waals surface area contributed by atoms with E-state index in [0.717, 1.165) is 16.5 Å². The monoisotopic (exact) mass is 246 g/mol. The fourth-order valence-electron chi connectivity index (χ4n) is 2.47. The van der Waals surface area contributed by atoms with E-state index in [1.807, 2.05) is 49.5 Å². The van der Waals surface area contributed by atoms with Crippen molar-refractivity contribution in [3.8, 4) is 0 Å². The Balaban J connectivity index is 2.52. The van der Waals surface area contributed by atoms with Crippen LogP contribution in [-0.2, 0) is 4.79 Å². The molecule has 96 valence electrons. The number of benzene rings is 1. The van der Waals surface area contributed by atoms with Gasteiger partial charge >= 0.3 is 5.97 Å². The zero-order chi connectivity index (χ0) is 13.3. The summed E-state index contributed by atoms with van der Waals surface area (Å²) in [5.41, 5.74) is 2.07. The molecule has 1 aromatic heterocycles. The number of nitrogens with one attached hydrogen (secondary N) is 1. The van der Waals surface area contributed by atoms with Gasteiger partial charge in [-0.1, -0.05) is 25.1 Å². The molecule has 0 saturated carbocycles. The van der Waals surface area contributed by atoms with Crippen LogP contribution >= 0.6 is 0 Å². The van der Waals surface area contributed by atoms with Crippen molar-refractivity contribution in [3.63, 3.8) is 0 Å². The second-order valence-corrected chi connectivity index (χ2v) is 4.82. The summed E-state index contributed by atoms with van der Waals surface area (Å²) < 4.78 is 0. The molecular weight excluding hydrogens is 228 g/mol. The molecular formula is C14H18N2O2. The normalized spacial score (nSPS) is 14.9. The molecule has 2 rings (SSSR count). The van der Waals surface area contributed by atoms with Crippen molar-refractivity contribution in [1.29, 1.82) is 0 Å². The van der Waals surface area contributed by atoms with E-state index in [1.165, 1.54) is 0 Å². The molecule has 0 fully saturated rings. The lowest BCUT2D eigenvalue weighted by molar-refractivity contribution is -0.143. The Morgan fingerprint density at radius 2 is 2.00 bits per heavy atom. The third-order valence-electron chi connectivity index (χ3n) is 3.36. The van der Waals surface area contributed by atoms with Crippen LogP contribution in [0, 0.1) is 5.92 Å². The van der Waals surface area contributed by atoms with Gasteiger partial charge in [0.1, 0.15) is 0 Å². The molecule has 18 heavy (non-hydrogen) atoms. The van der Waals surface area contributed by atoms with E-state index in [-0.39, 0.29) is 6.04 Å². The van der Waals surface area contributed by atoms with Gasteiger partial charge in [0.25, 0.3) is 0 Å². The van der Waals surface area contributed by atoms with Crippen molar-refractivity contribution in [3.05, 3.63) is 36.0 Å². The number of nitrogens with zero attached hydrogens (tertiary/aromatic N) is 1. The highest BCUT2D eigenvalue weighted by molar-refractivity contribution is 5.84. The number of carboxylic acids is 1. The first-order valence-electron chi connectivity index (χ1n) is 5.97. The molecule has 2 atom stereocenters. The molecule has 4 heteroatoms. The first-order valence-corrected chi connectivity index (χ1v) is 5.97. The van der Waals surface area contributed by atoms with Crippen LogP contribution < -0.4 is 0 Å². The minimum Gasteiger partial charge on any atom is -0.481 e. The second kappa shape index (κ2) is 4.82. The summed E-state index contributed by atoms with van der Waals surface area (Å²) in [7, 11) is 3.82. The number of hydrogen-bond donors (Lipinski definition) is 2. The van der Waals surface area contributed by atoms with E-state index in [2.05, 4.69) is 4.98 Å². The molecule has 0 saturated heterocycles. The molecule has 0 aliphatic heterocycles. The first kappa shape index (κ1) is 12.6. The number of para-hydroxylation sites is 1. The molecule has 0 aliphatic rings. The lowest BCUT2D eigenvalue weighted by Gasteiger charge is -2.27. The maximum Gasteiger partial charge on any atom is 0.308 e. The molecule has 0 spiro atoms. The standard InChI is InChI=1S/C14H18N2O2/c1-9(14(17)18)13(16(2)3)11-8-15-12-7-5-4-6-10(11)12/h4-9,13,15H,1-3H3,(H,17,18). The number of carboxylic acid groups (broad SMARTS) is 1. The highest BCUT2D eigenvalue weighted by Crippen LogP contribution is 2.32. The molecule has 0 amide bonds. The summed E-state index contributed by atoms with van der Waals surface area (Å²) in [5.74, 6) is -1.24. The molecule has 4 nitrogen and oxygen atoms in total. The fourth-order valence-corrected chi connectivity index (χ4v) is 2.47. The van der Waals surface area contributed by atoms with Gasteiger partial charge in [-0.15, -0.1) is 0 Å². The van der Waals surface area contributed by atoms with E-state index in [4.69, 9.17) is 0 Å². The van der Waals surface area contributed by atoms with Crippen LogP contribution in [0.2, 0.25) is 0 Å². The second-order valence-electron chi connectivity index (χ2n) is 4.82. The summed E-state index contributed by atoms with van der Waals surface area (Å²) in [6, 6.07) is 7.81. The van der Waals surface area contributed by atoms with Crippen molar-refractivity contribution in [1.82, 2.24) is 9.88 Å². The molecule has 1 aromatic carbocycles. The number of aliphatic carboxylic acids is 1. The largest absolute Gasteiger partial charge is 0.481 e. The summed E-state index contributed by atoms with van der Waals surface area (Å²) in [6.07, 6.45) is 1.91. The highest BCUT2D eigenvalue weighted by atomic mass is 16.4. The molecule has 2 aromatic rings. The van der Waals surface area contributed by atoms with Crippen molar-refractivity contribution in [2.75, 3.05) is 14.1 Å². The van der Waals surface area contributed by atoms with E-state index in [9.17, 15) is 9.90 Å². The molecule has 2 N–H and O–H groups in total. The van der Waals surface area contributed by atoms with Crippen molar-refractivity contribution in [2.45, 2.75) is 13.0 Å². The predicted octanol–water partition coefficient (Wildman–Crippen LogP) is 2.49. The highest BCUT2D eigenvalue weighted by Gasteiger charge is 2.28. The summed E-state index contributed by atoms with van der Waals surface area (Å²) >= 11 is 0. The van der Waals surface area contributed by atoms with Crippen LogP contribution in [0.25, 0.3) is 10.9 Å². The average Bonchev–Trinajstić information content (AvgIpc) is 2.73. The third-order valence-corrected chi connectivity index (χ3v) is 3.36. The van der Waals surface area contributed by atoms with Crippen LogP contribution in [0.1, 0.15) is 18.5 Å². The first-order chi connectivity index (χ1) is 8.52. The zero-order valence-electron chi connectivity index (χ0n) is 10.8. The Kier molecular flexibility index (Phi) is 3.39. The third kappa shape index (κ3) is 2.11. The lowest BCUT2D eigenvalue weighted by atomic mass is 9.93. The summed E-state index contributed by atoms with van der Waals surface area (Å²) in [5, 5.41) is 10.3. The Hall–Kier alpha value is -1.81. The van der Waals surface area contributed by atoms with Crippen LogP contribution in [0.5, 0.6) is 0 Å². The number of carbonyl (C=O) groups is 1. The van der Waals surface area contributed by atoms with E-state index in [1.54, 1.807) is 6.92 Å². The molecule has 1 heterocycles. The van der Waals surface area contributed by atoms with Gasteiger partial charge in [0.05, 0.1) is 5.92 Å². The van der Waals surface area contributed by atoms with Gasteiger partial charge < -0.3 is 15.0 Å². The molecule has 2 unspecified atom stereocenters. The summed E-state index contributed by atoms with van der Waals surface area (Å²) in [4.78, 5) is 16.4. The number of aromatic nitrogens is 1. The van der Waals surface area contributed by atoms with Crippen LogP contribution in [0.15, 0.2) is 30.5 Å². The van der Waals surface area contributed by atoms with Gasteiger partial charge in [-0.05, 0) is 25.7 Å². The quantitative estimate of drug-likeness (QED) is 0.871. The van der Waals surface area contributed by atoms with E-state index < -0.39 is 11.9 Å². The van der Waals surface area contributed by atoms with Crippen LogP contribution in [0.4, 0.5) is 0 Å². The Morgan fingerprint density at radius 1 is 1.33 bits per heavy atom.